The van der Waals surface area contributed by atoms with Crippen molar-refractivity contribution in [2.45, 2.75) is 58.4 Å². The van der Waals surface area contributed by atoms with Crippen molar-refractivity contribution in [3.8, 4) is 0 Å². The Hall–Kier alpha value is 0.140. The van der Waals surface area contributed by atoms with E-state index in [0.29, 0.717) is 6.04 Å². The van der Waals surface area contributed by atoms with Gasteiger partial charge in [0.1, 0.15) is 0 Å². The van der Waals surface area contributed by atoms with Gasteiger partial charge in [0.05, 0.1) is 0 Å². The van der Waals surface area contributed by atoms with Gasteiger partial charge in [-0.2, -0.15) is 0 Å². The molecule has 1 N–H and O–H groups in total. The summed E-state index contributed by atoms with van der Waals surface area (Å²) >= 11 is 5.66. The minimum absolute atomic E-state index is 0.547. The van der Waals surface area contributed by atoms with Gasteiger partial charge < -0.3 is 5.32 Å². The predicted octanol–water partition coefficient (Wildman–Crippen LogP) is 5.44. The first-order chi connectivity index (χ1) is 8.70. The molecule has 1 unspecified atom stereocenters. The van der Waals surface area contributed by atoms with Crippen LogP contribution in [-0.4, -0.2) is 6.54 Å². The van der Waals surface area contributed by atoms with E-state index in [1.807, 2.05) is 11.3 Å². The second-order valence-electron chi connectivity index (χ2n) is 5.42. The minimum Gasteiger partial charge on any atom is -0.309 e. The van der Waals surface area contributed by atoms with E-state index >= 15 is 0 Å². The second kappa shape index (κ2) is 7.06. The standard InChI is InChI=1S/C15H24BrNS/c1-3-17-14(10-12-7-5-4-6-8-12)15-13(16)9-11(2)18-15/h9,12,14,17H,3-8,10H2,1-2H3. The zero-order chi connectivity index (χ0) is 13.0. The highest BCUT2D eigenvalue weighted by Gasteiger charge is 2.22. The maximum Gasteiger partial charge on any atom is 0.0428 e. The average Bonchev–Trinajstić information content (AvgIpc) is 2.69. The molecule has 1 saturated carbocycles. The molecule has 0 aliphatic heterocycles. The van der Waals surface area contributed by atoms with Crippen molar-refractivity contribution >= 4 is 27.3 Å². The van der Waals surface area contributed by atoms with Gasteiger partial charge in [0.25, 0.3) is 0 Å². The Morgan fingerprint density at radius 3 is 2.67 bits per heavy atom. The molecule has 0 aromatic carbocycles. The second-order valence-corrected chi connectivity index (χ2v) is 7.56. The van der Waals surface area contributed by atoms with E-state index in [-0.39, 0.29) is 0 Å². The number of halogens is 1. The maximum absolute atomic E-state index is 3.72. The number of hydrogen-bond acceptors (Lipinski definition) is 2. The fourth-order valence-electron chi connectivity index (χ4n) is 3.02. The van der Waals surface area contributed by atoms with E-state index in [2.05, 4.69) is 41.2 Å². The lowest BCUT2D eigenvalue weighted by Crippen LogP contribution is -2.24. The summed E-state index contributed by atoms with van der Waals surface area (Å²) in [5.74, 6) is 0.928. The monoisotopic (exact) mass is 329 g/mol. The van der Waals surface area contributed by atoms with Crippen molar-refractivity contribution in [3.63, 3.8) is 0 Å². The molecule has 3 heteroatoms. The topological polar surface area (TPSA) is 12.0 Å². The zero-order valence-electron chi connectivity index (χ0n) is 11.5. The number of nitrogens with one attached hydrogen (secondary N) is 1. The SMILES string of the molecule is CCNC(CC1CCCCC1)c1sc(C)cc1Br. The first-order valence-corrected chi connectivity index (χ1v) is 8.81. The van der Waals surface area contributed by atoms with Gasteiger partial charge in [-0.3, -0.25) is 0 Å². The largest absolute Gasteiger partial charge is 0.309 e. The molecule has 0 radical (unpaired) electrons. The molecule has 0 bridgehead atoms. The van der Waals surface area contributed by atoms with E-state index in [1.54, 1.807) is 0 Å². The molecule has 1 fully saturated rings. The minimum atomic E-state index is 0.547. The first kappa shape index (κ1) is 14.5. The molecule has 1 aromatic heterocycles. The lowest BCUT2D eigenvalue weighted by atomic mass is 9.84. The smallest absolute Gasteiger partial charge is 0.0428 e. The summed E-state index contributed by atoms with van der Waals surface area (Å²) in [5, 5.41) is 3.68. The van der Waals surface area contributed by atoms with Crippen LogP contribution in [0.25, 0.3) is 0 Å². The van der Waals surface area contributed by atoms with E-state index in [4.69, 9.17) is 0 Å². The highest BCUT2D eigenvalue weighted by atomic mass is 79.9. The van der Waals surface area contributed by atoms with Crippen molar-refractivity contribution in [2.24, 2.45) is 5.92 Å². The fourth-order valence-corrected chi connectivity index (χ4v) is 5.04. The van der Waals surface area contributed by atoms with Crippen LogP contribution in [0.5, 0.6) is 0 Å². The van der Waals surface area contributed by atoms with Crippen LogP contribution in [0.3, 0.4) is 0 Å². The van der Waals surface area contributed by atoms with Crippen molar-refractivity contribution in [1.82, 2.24) is 5.32 Å². The number of rotatable bonds is 5. The number of thiophene rings is 1. The lowest BCUT2D eigenvalue weighted by Gasteiger charge is -2.26. The molecule has 1 atom stereocenters. The van der Waals surface area contributed by atoms with Gasteiger partial charge in [0.2, 0.25) is 0 Å². The Kier molecular flexibility index (Phi) is 5.71. The zero-order valence-corrected chi connectivity index (χ0v) is 13.9. The third-order valence-corrected chi connectivity index (χ3v) is 5.98. The molecule has 1 heterocycles. The normalized spacial score (nSPS) is 19.1. The van der Waals surface area contributed by atoms with E-state index in [1.165, 1.54) is 52.8 Å². The molecular formula is C15H24BrNS. The van der Waals surface area contributed by atoms with Crippen molar-refractivity contribution in [2.75, 3.05) is 6.54 Å². The van der Waals surface area contributed by atoms with Crippen molar-refractivity contribution < 1.29 is 0 Å². The molecule has 1 aliphatic carbocycles. The van der Waals surface area contributed by atoms with E-state index in [0.717, 1.165) is 12.5 Å². The first-order valence-electron chi connectivity index (χ1n) is 7.20. The van der Waals surface area contributed by atoms with Gasteiger partial charge in [0, 0.05) is 20.3 Å². The molecule has 1 aliphatic rings. The van der Waals surface area contributed by atoms with Gasteiger partial charge in [0.15, 0.2) is 0 Å². The van der Waals surface area contributed by atoms with Crippen LogP contribution >= 0.6 is 27.3 Å². The van der Waals surface area contributed by atoms with E-state index in [9.17, 15) is 0 Å². The Balaban J connectivity index is 2.04. The van der Waals surface area contributed by atoms with Gasteiger partial charge >= 0.3 is 0 Å². The fraction of sp³-hybridized carbons (Fsp3) is 0.733. The molecular weight excluding hydrogens is 306 g/mol. The maximum atomic E-state index is 3.72. The molecule has 2 rings (SSSR count). The summed E-state index contributed by atoms with van der Waals surface area (Å²) in [7, 11) is 0. The van der Waals surface area contributed by atoms with Gasteiger partial charge in [-0.15, -0.1) is 11.3 Å². The Bertz CT molecular complexity index is 369. The summed E-state index contributed by atoms with van der Waals surface area (Å²) in [6, 6.07) is 2.80. The van der Waals surface area contributed by atoms with E-state index < -0.39 is 0 Å². The molecule has 0 amide bonds. The Labute approximate surface area is 123 Å². The number of aryl methyl sites for hydroxylation is 1. The summed E-state index contributed by atoms with van der Waals surface area (Å²) < 4.78 is 1.30. The summed E-state index contributed by atoms with van der Waals surface area (Å²) in [5.41, 5.74) is 0. The van der Waals surface area contributed by atoms with Crippen LogP contribution in [0, 0.1) is 12.8 Å². The Morgan fingerprint density at radius 2 is 2.11 bits per heavy atom. The summed E-state index contributed by atoms with van der Waals surface area (Å²) in [4.78, 5) is 2.91. The van der Waals surface area contributed by atoms with Crippen LogP contribution in [0.4, 0.5) is 0 Å². The van der Waals surface area contributed by atoms with Gasteiger partial charge in [-0.1, -0.05) is 39.0 Å². The van der Waals surface area contributed by atoms with Crippen LogP contribution in [0.2, 0.25) is 0 Å². The number of hydrogen-bond donors (Lipinski definition) is 1. The quantitative estimate of drug-likeness (QED) is 0.758. The van der Waals surface area contributed by atoms with Crippen LogP contribution < -0.4 is 5.32 Å². The third-order valence-electron chi connectivity index (χ3n) is 3.90. The molecule has 1 nitrogen and oxygen atoms in total. The molecule has 0 spiro atoms. The molecule has 0 saturated heterocycles. The molecule has 1 aromatic rings. The highest BCUT2D eigenvalue weighted by Crippen LogP contribution is 2.38. The third kappa shape index (κ3) is 3.82. The molecule has 18 heavy (non-hydrogen) atoms. The molecule has 102 valence electrons. The summed E-state index contributed by atoms with van der Waals surface area (Å²) in [6.45, 7) is 5.46. The van der Waals surface area contributed by atoms with Gasteiger partial charge in [-0.05, 0) is 47.8 Å². The van der Waals surface area contributed by atoms with Gasteiger partial charge in [-0.25, -0.2) is 0 Å². The lowest BCUT2D eigenvalue weighted by molar-refractivity contribution is 0.303. The van der Waals surface area contributed by atoms with Crippen LogP contribution in [-0.2, 0) is 0 Å². The Morgan fingerprint density at radius 1 is 1.39 bits per heavy atom. The highest BCUT2D eigenvalue weighted by molar-refractivity contribution is 9.10. The van der Waals surface area contributed by atoms with Crippen molar-refractivity contribution in [1.29, 1.82) is 0 Å². The average molecular weight is 330 g/mol. The van der Waals surface area contributed by atoms with Crippen LogP contribution in [0.15, 0.2) is 10.5 Å². The van der Waals surface area contributed by atoms with Crippen LogP contribution in [0.1, 0.15) is 61.2 Å². The van der Waals surface area contributed by atoms with Crippen molar-refractivity contribution in [3.05, 3.63) is 20.3 Å². The summed E-state index contributed by atoms with van der Waals surface area (Å²) in [6.07, 6.45) is 8.51. The predicted molar refractivity (Wildman–Crippen MR) is 84.4 cm³/mol.